The van der Waals surface area contributed by atoms with Gasteiger partial charge in [-0.2, -0.15) is 0 Å². The molecule has 2 rings (SSSR count). The highest BCUT2D eigenvalue weighted by atomic mass is 79.9. The van der Waals surface area contributed by atoms with Crippen molar-refractivity contribution in [3.63, 3.8) is 0 Å². The Morgan fingerprint density at radius 3 is 3.00 bits per heavy atom. The molecule has 0 amide bonds. The Hall–Kier alpha value is -0.800. The molecule has 1 aromatic heterocycles. The maximum absolute atomic E-state index is 5.63. The third kappa shape index (κ3) is 1.57. The van der Waals surface area contributed by atoms with E-state index in [2.05, 4.69) is 28.9 Å². The van der Waals surface area contributed by atoms with E-state index >= 15 is 0 Å². The minimum absolute atomic E-state index is 0.345. The first-order valence-electron chi connectivity index (χ1n) is 4.59. The Labute approximate surface area is 91.2 Å². The van der Waals surface area contributed by atoms with E-state index in [0.29, 0.717) is 12.5 Å². The van der Waals surface area contributed by atoms with Gasteiger partial charge in [0.15, 0.2) is 0 Å². The maximum atomic E-state index is 5.63. The molecule has 3 heteroatoms. The van der Waals surface area contributed by atoms with Gasteiger partial charge < -0.3 is 10.2 Å². The molecule has 0 bridgehead atoms. The zero-order valence-corrected chi connectivity index (χ0v) is 9.54. The summed E-state index contributed by atoms with van der Waals surface area (Å²) in [5.74, 6) is 0.345. The molecule has 0 fully saturated rings. The summed E-state index contributed by atoms with van der Waals surface area (Å²) >= 11 is 3.41. The van der Waals surface area contributed by atoms with Crippen LogP contribution >= 0.6 is 15.9 Å². The van der Waals surface area contributed by atoms with Crippen LogP contribution in [-0.4, -0.2) is 6.54 Å². The highest BCUT2D eigenvalue weighted by Crippen LogP contribution is 2.29. The molecule has 2 aromatic rings. The first-order chi connectivity index (χ1) is 6.72. The standard InChI is InChI=1S/C11H12BrNO/c1-7(5-13)10-6-14-11-4-8(12)2-3-9(10)11/h2-4,6-7H,5,13H2,1H3. The molecule has 0 saturated carbocycles. The van der Waals surface area contributed by atoms with Crippen LogP contribution < -0.4 is 5.73 Å². The minimum Gasteiger partial charge on any atom is -0.464 e. The molecule has 0 spiro atoms. The van der Waals surface area contributed by atoms with Crippen molar-refractivity contribution in [2.24, 2.45) is 5.73 Å². The van der Waals surface area contributed by atoms with Crippen LogP contribution in [-0.2, 0) is 0 Å². The SMILES string of the molecule is CC(CN)c1coc2cc(Br)ccc12. The summed E-state index contributed by atoms with van der Waals surface area (Å²) in [7, 11) is 0. The number of halogens is 1. The Morgan fingerprint density at radius 2 is 2.29 bits per heavy atom. The normalized spacial score (nSPS) is 13.4. The van der Waals surface area contributed by atoms with Gasteiger partial charge in [0.25, 0.3) is 0 Å². The fraction of sp³-hybridized carbons (Fsp3) is 0.273. The topological polar surface area (TPSA) is 39.2 Å². The summed E-state index contributed by atoms with van der Waals surface area (Å²) < 4.78 is 6.50. The summed E-state index contributed by atoms with van der Waals surface area (Å²) in [6, 6.07) is 6.05. The van der Waals surface area contributed by atoms with Gasteiger partial charge in [-0.1, -0.05) is 22.9 Å². The number of nitrogens with two attached hydrogens (primary N) is 1. The molecule has 1 heterocycles. The summed E-state index contributed by atoms with van der Waals surface area (Å²) in [4.78, 5) is 0. The van der Waals surface area contributed by atoms with Gasteiger partial charge in [0.05, 0.1) is 6.26 Å². The minimum atomic E-state index is 0.345. The average Bonchev–Trinajstić information content (AvgIpc) is 2.59. The van der Waals surface area contributed by atoms with E-state index in [0.717, 1.165) is 15.4 Å². The van der Waals surface area contributed by atoms with E-state index in [1.165, 1.54) is 5.56 Å². The van der Waals surface area contributed by atoms with Crippen LogP contribution in [0.25, 0.3) is 11.0 Å². The van der Waals surface area contributed by atoms with Gasteiger partial charge in [0.2, 0.25) is 0 Å². The summed E-state index contributed by atoms with van der Waals surface area (Å²) in [5, 5.41) is 1.16. The van der Waals surface area contributed by atoms with Crippen molar-refractivity contribution in [1.82, 2.24) is 0 Å². The fourth-order valence-corrected chi connectivity index (χ4v) is 1.87. The largest absolute Gasteiger partial charge is 0.464 e. The van der Waals surface area contributed by atoms with E-state index in [9.17, 15) is 0 Å². The molecule has 1 atom stereocenters. The van der Waals surface area contributed by atoms with Crippen LogP contribution in [0.2, 0.25) is 0 Å². The number of hydrogen-bond acceptors (Lipinski definition) is 2. The summed E-state index contributed by atoms with van der Waals surface area (Å²) in [6.07, 6.45) is 1.80. The van der Waals surface area contributed by atoms with E-state index < -0.39 is 0 Å². The quantitative estimate of drug-likeness (QED) is 0.893. The molecular formula is C11H12BrNO. The van der Waals surface area contributed by atoms with Crippen molar-refractivity contribution in [1.29, 1.82) is 0 Å². The molecule has 0 aliphatic carbocycles. The van der Waals surface area contributed by atoms with Crippen molar-refractivity contribution in [2.75, 3.05) is 6.54 Å². The monoisotopic (exact) mass is 253 g/mol. The van der Waals surface area contributed by atoms with Crippen molar-refractivity contribution in [3.05, 3.63) is 34.5 Å². The maximum Gasteiger partial charge on any atom is 0.135 e. The van der Waals surface area contributed by atoms with E-state index in [-0.39, 0.29) is 0 Å². The molecule has 0 saturated heterocycles. The number of benzene rings is 1. The lowest BCUT2D eigenvalue weighted by Gasteiger charge is -2.04. The van der Waals surface area contributed by atoms with Crippen LogP contribution in [0, 0.1) is 0 Å². The third-order valence-electron chi connectivity index (χ3n) is 2.45. The van der Waals surface area contributed by atoms with Gasteiger partial charge in [-0.25, -0.2) is 0 Å². The second kappa shape index (κ2) is 3.75. The third-order valence-corrected chi connectivity index (χ3v) is 2.95. The lowest BCUT2D eigenvalue weighted by atomic mass is 10.0. The average molecular weight is 254 g/mol. The lowest BCUT2D eigenvalue weighted by molar-refractivity contribution is 0.603. The van der Waals surface area contributed by atoms with Crippen LogP contribution in [0.1, 0.15) is 18.4 Å². The highest BCUT2D eigenvalue weighted by molar-refractivity contribution is 9.10. The molecule has 0 aliphatic heterocycles. The van der Waals surface area contributed by atoms with Crippen LogP contribution in [0.4, 0.5) is 0 Å². The second-order valence-corrected chi connectivity index (χ2v) is 4.38. The predicted octanol–water partition coefficient (Wildman–Crippen LogP) is 3.26. The highest BCUT2D eigenvalue weighted by Gasteiger charge is 2.11. The van der Waals surface area contributed by atoms with Crippen molar-refractivity contribution >= 4 is 26.9 Å². The first kappa shape index (κ1) is 9.74. The molecule has 14 heavy (non-hydrogen) atoms. The summed E-state index contributed by atoms with van der Waals surface area (Å²) in [5.41, 5.74) is 7.73. The molecule has 2 nitrogen and oxygen atoms in total. The van der Waals surface area contributed by atoms with Gasteiger partial charge in [-0.05, 0) is 30.7 Å². The smallest absolute Gasteiger partial charge is 0.135 e. The van der Waals surface area contributed by atoms with Crippen LogP contribution in [0.3, 0.4) is 0 Å². The molecule has 2 N–H and O–H groups in total. The molecule has 1 unspecified atom stereocenters. The summed E-state index contributed by atoms with van der Waals surface area (Å²) in [6.45, 7) is 2.75. The fourth-order valence-electron chi connectivity index (χ4n) is 1.53. The number of rotatable bonds is 2. The Morgan fingerprint density at radius 1 is 1.50 bits per heavy atom. The molecule has 1 aromatic carbocycles. The van der Waals surface area contributed by atoms with Gasteiger partial charge >= 0.3 is 0 Å². The first-order valence-corrected chi connectivity index (χ1v) is 5.38. The van der Waals surface area contributed by atoms with Crippen molar-refractivity contribution < 1.29 is 4.42 Å². The van der Waals surface area contributed by atoms with Crippen molar-refractivity contribution in [2.45, 2.75) is 12.8 Å². The van der Waals surface area contributed by atoms with Gasteiger partial charge in [0.1, 0.15) is 5.58 Å². The Bertz CT molecular complexity index is 449. The molecule has 0 radical (unpaired) electrons. The molecular weight excluding hydrogens is 242 g/mol. The Kier molecular flexibility index (Phi) is 2.61. The van der Waals surface area contributed by atoms with Gasteiger partial charge in [0, 0.05) is 15.4 Å². The Balaban J connectivity index is 2.58. The number of furan rings is 1. The molecule has 74 valence electrons. The lowest BCUT2D eigenvalue weighted by Crippen LogP contribution is -2.08. The number of hydrogen-bond donors (Lipinski definition) is 1. The predicted molar refractivity (Wildman–Crippen MR) is 61.4 cm³/mol. The zero-order valence-electron chi connectivity index (χ0n) is 7.96. The van der Waals surface area contributed by atoms with Gasteiger partial charge in [-0.15, -0.1) is 0 Å². The second-order valence-electron chi connectivity index (χ2n) is 3.47. The van der Waals surface area contributed by atoms with Crippen molar-refractivity contribution in [3.8, 4) is 0 Å². The van der Waals surface area contributed by atoms with Crippen LogP contribution in [0.15, 0.2) is 33.4 Å². The van der Waals surface area contributed by atoms with Crippen LogP contribution in [0.5, 0.6) is 0 Å². The van der Waals surface area contributed by atoms with Gasteiger partial charge in [-0.3, -0.25) is 0 Å². The van der Waals surface area contributed by atoms with E-state index in [4.69, 9.17) is 10.2 Å². The van der Waals surface area contributed by atoms with E-state index in [1.807, 2.05) is 12.1 Å². The van der Waals surface area contributed by atoms with E-state index in [1.54, 1.807) is 6.26 Å². The number of fused-ring (bicyclic) bond motifs is 1. The zero-order chi connectivity index (χ0) is 10.1. The molecule has 0 aliphatic rings.